The van der Waals surface area contributed by atoms with Gasteiger partial charge in [-0.25, -0.2) is 4.79 Å². The van der Waals surface area contributed by atoms with E-state index in [1.807, 2.05) is 69.3 Å². The Morgan fingerprint density at radius 3 is 1.36 bits per heavy atom. The molecule has 0 aliphatic heterocycles. The van der Waals surface area contributed by atoms with Crippen molar-refractivity contribution in [2.75, 3.05) is 6.61 Å². The fourth-order valence-electron chi connectivity index (χ4n) is 7.32. The summed E-state index contributed by atoms with van der Waals surface area (Å²) in [6, 6.07) is 41.6. The molecular weight excluding hydrogens is 651 g/mol. The zero-order chi connectivity index (χ0) is 36.7. The number of ether oxygens (including phenoxy) is 1. The molecule has 4 rings (SSSR count). The van der Waals surface area contributed by atoms with Crippen molar-refractivity contribution in [2.24, 2.45) is 0 Å². The minimum Gasteiger partial charge on any atom is -0.444 e. The monoisotopic (exact) mass is 709 g/mol. The van der Waals surface area contributed by atoms with Crippen LogP contribution < -0.4 is 26.1 Å². The minimum absolute atomic E-state index is 0.198. The van der Waals surface area contributed by atoms with Crippen LogP contribution in [0.15, 0.2) is 121 Å². The summed E-state index contributed by atoms with van der Waals surface area (Å²) in [5.41, 5.74) is -1.33. The van der Waals surface area contributed by atoms with Crippen LogP contribution in [0.1, 0.15) is 88.0 Å². The summed E-state index contributed by atoms with van der Waals surface area (Å²) in [7, 11) is -5.98. The number of hydrogen-bond donors (Lipinski definition) is 2. The second-order valence-corrected chi connectivity index (χ2v) is 24.9. The summed E-state index contributed by atoms with van der Waals surface area (Å²) in [6.45, 7) is 19.3. The van der Waals surface area contributed by atoms with Gasteiger partial charge in [-0.2, -0.15) is 0 Å². The van der Waals surface area contributed by atoms with Crippen molar-refractivity contribution in [3.63, 3.8) is 0 Å². The molecule has 0 aliphatic carbocycles. The molecule has 5 nitrogen and oxygen atoms in total. The molecule has 0 saturated carbocycles. The number of hydrogen-bond acceptors (Lipinski definition) is 4. The Morgan fingerprint density at radius 2 is 0.980 bits per heavy atom. The Balaban J connectivity index is 1.62. The second kappa shape index (κ2) is 15.8. The lowest BCUT2D eigenvalue weighted by atomic mass is 9.93. The standard InChI is InChI=1S/C43H59NO4Si2/c1-40(2,3)48-39(45)44-43(9,34-47-50(41(4,5)6,37-28-18-12-19-29-37)38-30-20-13-21-31-38)33-23-22-32-42(7,8)49(46,35-24-14-10-15-25-35)36-26-16-11-17-27-36/h10-21,24-31,46H,22-23,32-34H2,1-9H3,(H,44,45)/t43-/m1/s1. The molecule has 0 bridgehead atoms. The van der Waals surface area contributed by atoms with E-state index in [1.165, 1.54) is 10.4 Å². The summed E-state index contributed by atoms with van der Waals surface area (Å²) in [6.07, 6.45) is 2.80. The Kier molecular flexibility index (Phi) is 12.4. The summed E-state index contributed by atoms with van der Waals surface area (Å²) in [5, 5.41) is 7.14. The molecule has 0 radical (unpaired) electrons. The minimum atomic E-state index is -3.12. The summed E-state index contributed by atoms with van der Waals surface area (Å²) in [5.74, 6) is 0. The van der Waals surface area contributed by atoms with Gasteiger partial charge in [-0.15, -0.1) is 0 Å². The van der Waals surface area contributed by atoms with Crippen molar-refractivity contribution in [2.45, 2.75) is 109 Å². The van der Waals surface area contributed by atoms with E-state index in [2.05, 4.69) is 120 Å². The predicted molar refractivity (Wildman–Crippen MR) is 214 cm³/mol. The van der Waals surface area contributed by atoms with Gasteiger partial charge in [0.2, 0.25) is 0 Å². The second-order valence-electron chi connectivity index (χ2n) is 16.7. The third-order valence-electron chi connectivity index (χ3n) is 9.97. The number of nitrogens with one attached hydrogen (secondary N) is 1. The Bertz CT molecular complexity index is 1560. The quantitative estimate of drug-likeness (QED) is 0.103. The lowest BCUT2D eigenvalue weighted by Gasteiger charge is -2.45. The van der Waals surface area contributed by atoms with Gasteiger partial charge in [-0.3, -0.25) is 0 Å². The highest BCUT2D eigenvalue weighted by Crippen LogP contribution is 2.41. The average molecular weight is 710 g/mol. The predicted octanol–water partition coefficient (Wildman–Crippen LogP) is 7.94. The SMILES string of the molecule is CC(C)(C)OC(=O)N[C@](C)(CCCCC(C)(C)[Si](O)(c1ccccc1)c1ccccc1)CO[Si](c1ccccc1)(c1ccccc1)C(C)(C)C. The maximum absolute atomic E-state index is 13.4. The summed E-state index contributed by atoms with van der Waals surface area (Å²) in [4.78, 5) is 26.1. The highest BCUT2D eigenvalue weighted by molar-refractivity contribution is 6.99. The molecule has 0 fully saturated rings. The normalized spacial score (nSPS) is 14.1. The van der Waals surface area contributed by atoms with Crippen LogP contribution in [0, 0.1) is 0 Å². The largest absolute Gasteiger partial charge is 0.444 e. The van der Waals surface area contributed by atoms with E-state index < -0.39 is 33.9 Å². The molecule has 1 amide bonds. The van der Waals surface area contributed by atoms with E-state index in [4.69, 9.17) is 9.16 Å². The fourth-order valence-corrected chi connectivity index (χ4v) is 15.8. The van der Waals surface area contributed by atoms with E-state index >= 15 is 0 Å². The van der Waals surface area contributed by atoms with E-state index in [-0.39, 0.29) is 10.1 Å². The first-order valence-electron chi connectivity index (χ1n) is 18.0. The third-order valence-corrected chi connectivity index (χ3v) is 19.5. The zero-order valence-corrected chi connectivity index (χ0v) is 33.8. The van der Waals surface area contributed by atoms with Crippen LogP contribution in [0.25, 0.3) is 0 Å². The number of carbonyl (C=O) groups excluding carboxylic acids is 1. The smallest absolute Gasteiger partial charge is 0.408 e. The third kappa shape index (κ3) is 9.04. The van der Waals surface area contributed by atoms with Gasteiger partial charge in [0, 0.05) is 0 Å². The van der Waals surface area contributed by atoms with Gasteiger partial charge in [0.05, 0.1) is 12.1 Å². The van der Waals surface area contributed by atoms with Crippen molar-refractivity contribution >= 4 is 43.5 Å². The van der Waals surface area contributed by atoms with E-state index in [1.54, 1.807) is 0 Å². The van der Waals surface area contributed by atoms with Crippen molar-refractivity contribution in [3.8, 4) is 0 Å². The Hall–Kier alpha value is -3.50. The van der Waals surface area contributed by atoms with Crippen LogP contribution in [0.2, 0.25) is 10.1 Å². The lowest BCUT2D eigenvalue weighted by Crippen LogP contribution is -2.68. The first kappa shape index (κ1) is 39.3. The number of amides is 1. The number of carbonyl (C=O) groups is 1. The van der Waals surface area contributed by atoms with Gasteiger partial charge in [0.1, 0.15) is 5.60 Å². The molecule has 0 aromatic heterocycles. The molecule has 1 atom stereocenters. The van der Waals surface area contributed by atoms with Crippen molar-refractivity contribution in [3.05, 3.63) is 121 Å². The molecule has 0 aliphatic rings. The van der Waals surface area contributed by atoms with Crippen LogP contribution in [0.3, 0.4) is 0 Å². The van der Waals surface area contributed by atoms with Gasteiger partial charge in [-0.05, 0) is 71.4 Å². The maximum Gasteiger partial charge on any atom is 0.408 e. The number of unbranched alkanes of at least 4 members (excludes halogenated alkanes) is 1. The Labute approximate surface area is 303 Å². The topological polar surface area (TPSA) is 67.8 Å². The van der Waals surface area contributed by atoms with Crippen LogP contribution in [-0.2, 0) is 9.16 Å². The molecule has 0 unspecified atom stereocenters. The Morgan fingerprint density at radius 1 is 0.600 bits per heavy atom. The van der Waals surface area contributed by atoms with E-state index in [0.717, 1.165) is 29.6 Å². The van der Waals surface area contributed by atoms with Crippen LogP contribution in [-0.4, -0.2) is 45.3 Å². The molecule has 50 heavy (non-hydrogen) atoms. The molecule has 268 valence electrons. The summed E-state index contributed by atoms with van der Waals surface area (Å²) >= 11 is 0. The van der Waals surface area contributed by atoms with E-state index in [9.17, 15) is 9.59 Å². The summed E-state index contributed by atoms with van der Waals surface area (Å²) < 4.78 is 13.1. The molecule has 0 spiro atoms. The van der Waals surface area contributed by atoms with Crippen molar-refractivity contribution in [1.29, 1.82) is 0 Å². The fraction of sp³-hybridized carbons (Fsp3) is 0.419. The molecule has 0 heterocycles. The first-order valence-corrected chi connectivity index (χ1v) is 21.9. The van der Waals surface area contributed by atoms with Crippen molar-refractivity contribution < 1.29 is 18.8 Å². The highest BCUT2D eigenvalue weighted by Gasteiger charge is 2.52. The number of rotatable bonds is 14. The zero-order valence-electron chi connectivity index (χ0n) is 31.8. The van der Waals surface area contributed by atoms with Crippen LogP contribution >= 0.6 is 0 Å². The van der Waals surface area contributed by atoms with Gasteiger partial charge in [-0.1, -0.05) is 169 Å². The highest BCUT2D eigenvalue weighted by atomic mass is 28.4. The molecular formula is C43H59NO4Si2. The average Bonchev–Trinajstić information content (AvgIpc) is 3.07. The number of benzene rings is 4. The molecule has 0 saturated heterocycles. The van der Waals surface area contributed by atoms with Gasteiger partial charge < -0.3 is 19.3 Å². The van der Waals surface area contributed by atoms with Gasteiger partial charge in [0.15, 0.2) is 0 Å². The first-order chi connectivity index (χ1) is 23.4. The maximum atomic E-state index is 13.4. The number of alkyl carbamates (subject to hydrolysis) is 1. The van der Waals surface area contributed by atoms with Crippen molar-refractivity contribution in [1.82, 2.24) is 5.32 Å². The van der Waals surface area contributed by atoms with Gasteiger partial charge in [0.25, 0.3) is 16.6 Å². The molecule has 7 heteroatoms. The molecule has 2 N–H and O–H groups in total. The molecule has 4 aromatic rings. The van der Waals surface area contributed by atoms with Crippen LogP contribution in [0.5, 0.6) is 0 Å². The van der Waals surface area contributed by atoms with E-state index in [0.29, 0.717) is 13.0 Å². The van der Waals surface area contributed by atoms with Gasteiger partial charge >= 0.3 is 6.09 Å². The lowest BCUT2D eigenvalue weighted by molar-refractivity contribution is 0.0412. The molecule has 4 aromatic carbocycles. The van der Waals surface area contributed by atoms with Crippen LogP contribution in [0.4, 0.5) is 4.79 Å².